The highest BCUT2D eigenvalue weighted by Gasteiger charge is 2.30. The number of hydrogen-bond donors (Lipinski definition) is 15. The molecule has 0 aliphatic rings. The predicted molar refractivity (Wildman–Crippen MR) is 162 cm³/mol. The molecule has 246 valence electrons. The summed E-state index contributed by atoms with van der Waals surface area (Å²) in [4.78, 5) is 51.0. The highest BCUT2D eigenvalue weighted by Crippen LogP contribution is 2.07. The van der Waals surface area contributed by atoms with Gasteiger partial charge in [-0.15, -0.1) is 0 Å². The van der Waals surface area contributed by atoms with Crippen LogP contribution in [-0.2, 0) is 19.2 Å². The van der Waals surface area contributed by atoms with Gasteiger partial charge in [0.05, 0.1) is 6.04 Å². The Labute approximate surface area is 251 Å². The van der Waals surface area contributed by atoms with E-state index in [0.29, 0.717) is 38.8 Å². The molecule has 0 aliphatic carbocycles. The van der Waals surface area contributed by atoms with Crippen molar-refractivity contribution in [3.8, 4) is 0 Å². The van der Waals surface area contributed by atoms with Gasteiger partial charge in [0.2, 0.25) is 17.7 Å². The zero-order valence-corrected chi connectivity index (χ0v) is 24.5. The summed E-state index contributed by atoms with van der Waals surface area (Å²) in [7, 11) is 0. The second kappa shape index (κ2) is 22.2. The molecule has 0 fully saturated rings. The maximum Gasteiger partial charge on any atom is 0.326 e. The Kier molecular flexibility index (Phi) is 20.0. The molecule has 19 nitrogen and oxygen atoms in total. The van der Waals surface area contributed by atoms with E-state index >= 15 is 0 Å². The van der Waals surface area contributed by atoms with Crippen molar-refractivity contribution in [1.82, 2.24) is 31.9 Å². The van der Waals surface area contributed by atoms with Crippen LogP contribution in [0.3, 0.4) is 0 Å². The van der Waals surface area contributed by atoms with Gasteiger partial charge in [-0.05, 0) is 64.3 Å². The molecule has 0 radical (unpaired) electrons. The van der Waals surface area contributed by atoms with Crippen molar-refractivity contribution in [2.45, 2.75) is 82.0 Å². The van der Waals surface area contributed by atoms with E-state index in [2.05, 4.69) is 31.9 Å². The third kappa shape index (κ3) is 19.4. The molecule has 20 N–H and O–H groups in total. The van der Waals surface area contributed by atoms with Crippen molar-refractivity contribution in [2.75, 3.05) is 26.2 Å². The second-order valence-electron chi connectivity index (χ2n) is 9.86. The summed E-state index contributed by atoms with van der Waals surface area (Å²) in [6.07, 6.45) is 2.70. The fourth-order valence-electron chi connectivity index (χ4n) is 3.85. The van der Waals surface area contributed by atoms with Crippen LogP contribution in [0.1, 0.15) is 57.8 Å². The van der Waals surface area contributed by atoms with Gasteiger partial charge >= 0.3 is 5.97 Å². The van der Waals surface area contributed by atoms with Crippen molar-refractivity contribution >= 4 is 41.6 Å². The van der Waals surface area contributed by atoms with Crippen LogP contribution in [-0.4, -0.2) is 97.0 Å². The molecule has 0 bridgehead atoms. The quantitative estimate of drug-likeness (QED) is 0.0295. The van der Waals surface area contributed by atoms with E-state index in [4.69, 9.17) is 44.9 Å². The maximum atomic E-state index is 13.3. The number of nitrogens with one attached hydrogen (secondary N) is 9. The van der Waals surface area contributed by atoms with E-state index in [1.807, 2.05) is 0 Å². The summed E-state index contributed by atoms with van der Waals surface area (Å²) in [5.74, 6) is -4.00. The van der Waals surface area contributed by atoms with Gasteiger partial charge in [0, 0.05) is 19.6 Å². The van der Waals surface area contributed by atoms with Crippen LogP contribution < -0.4 is 60.6 Å². The average molecular weight is 615 g/mol. The minimum Gasteiger partial charge on any atom is -0.480 e. The monoisotopic (exact) mass is 614 g/mol. The van der Waals surface area contributed by atoms with Gasteiger partial charge in [0.25, 0.3) is 0 Å². The summed E-state index contributed by atoms with van der Waals surface area (Å²) in [6.45, 7) is 1.16. The Hall–Kier alpha value is -4.39. The van der Waals surface area contributed by atoms with Gasteiger partial charge in [-0.3, -0.25) is 30.6 Å². The fraction of sp³-hybridized carbons (Fsp3) is 0.708. The first-order valence-electron chi connectivity index (χ1n) is 14.1. The van der Waals surface area contributed by atoms with Crippen LogP contribution in [0, 0.1) is 16.2 Å². The third-order valence-corrected chi connectivity index (χ3v) is 6.14. The van der Waals surface area contributed by atoms with Crippen molar-refractivity contribution in [3.05, 3.63) is 0 Å². The number of carboxylic acids is 1. The SMILES string of the molecule is N=C(N)NCCC[C@H](NC(=O)[C@H](CCCNC(=N)N)NC(=O)[C@H](CCCCN)NC(=O)[C@@H](N)CCCNC(=N)N)C(=O)O. The lowest BCUT2D eigenvalue weighted by Crippen LogP contribution is -2.57. The van der Waals surface area contributed by atoms with Gasteiger partial charge in [0.1, 0.15) is 18.1 Å². The number of aliphatic carboxylic acids is 1. The molecule has 3 amide bonds. The largest absolute Gasteiger partial charge is 0.480 e. The lowest BCUT2D eigenvalue weighted by Gasteiger charge is -2.25. The van der Waals surface area contributed by atoms with Crippen LogP contribution in [0.2, 0.25) is 0 Å². The van der Waals surface area contributed by atoms with Crippen LogP contribution in [0.25, 0.3) is 0 Å². The van der Waals surface area contributed by atoms with Crippen LogP contribution >= 0.6 is 0 Å². The molecule has 0 aromatic rings. The zero-order valence-electron chi connectivity index (χ0n) is 24.5. The second-order valence-corrected chi connectivity index (χ2v) is 9.86. The standard InChI is InChI=1S/C24H50N14O5/c25-10-2-1-7-15(36-18(39)14(26)6-3-11-33-22(27)28)19(40)37-16(8-4-12-34-23(29)30)20(41)38-17(21(42)43)9-5-13-35-24(31)32/h14-17H,1-13,25-26H2,(H,36,39)(H,37,40)(H,38,41)(H,42,43)(H4,27,28,33)(H4,29,30,34)(H4,31,32,35)/t14-,15-,16-,17-/m0/s1. The fourth-order valence-corrected chi connectivity index (χ4v) is 3.85. The summed E-state index contributed by atoms with van der Waals surface area (Å²) < 4.78 is 0. The molecular weight excluding hydrogens is 564 g/mol. The first-order chi connectivity index (χ1) is 20.3. The number of carboxylic acid groups (broad SMARTS) is 1. The molecule has 0 saturated heterocycles. The third-order valence-electron chi connectivity index (χ3n) is 6.14. The minimum atomic E-state index is -1.28. The van der Waals surface area contributed by atoms with Gasteiger partial charge in [-0.1, -0.05) is 0 Å². The van der Waals surface area contributed by atoms with Crippen molar-refractivity contribution in [3.63, 3.8) is 0 Å². The number of nitrogens with two attached hydrogens (primary N) is 5. The highest BCUT2D eigenvalue weighted by atomic mass is 16.4. The zero-order chi connectivity index (χ0) is 32.8. The number of rotatable bonds is 23. The van der Waals surface area contributed by atoms with Crippen LogP contribution in [0.4, 0.5) is 0 Å². The molecule has 0 rings (SSSR count). The molecule has 4 atom stereocenters. The molecule has 0 aliphatic heterocycles. The van der Waals surface area contributed by atoms with Gasteiger partial charge in [0.15, 0.2) is 17.9 Å². The Balaban J connectivity index is 5.56. The Morgan fingerprint density at radius 2 is 0.953 bits per heavy atom. The van der Waals surface area contributed by atoms with Crippen molar-refractivity contribution < 1.29 is 24.3 Å². The lowest BCUT2D eigenvalue weighted by atomic mass is 10.0. The lowest BCUT2D eigenvalue weighted by molar-refractivity contribution is -0.142. The van der Waals surface area contributed by atoms with E-state index in [1.54, 1.807) is 0 Å². The summed E-state index contributed by atoms with van der Waals surface area (Å²) in [5.41, 5.74) is 27.3. The van der Waals surface area contributed by atoms with Gasteiger partial charge in [-0.25, -0.2) is 4.79 Å². The van der Waals surface area contributed by atoms with E-state index in [9.17, 15) is 24.3 Å². The number of unbranched alkanes of at least 4 members (excludes halogenated alkanes) is 1. The van der Waals surface area contributed by atoms with Gasteiger partial charge < -0.3 is 65.7 Å². The topological polar surface area (TPSA) is 362 Å². The smallest absolute Gasteiger partial charge is 0.326 e. The maximum absolute atomic E-state index is 13.3. The first kappa shape index (κ1) is 38.6. The summed E-state index contributed by atoms with van der Waals surface area (Å²) in [6, 6.07) is -4.42. The van der Waals surface area contributed by atoms with E-state index in [-0.39, 0.29) is 63.1 Å². The highest BCUT2D eigenvalue weighted by molar-refractivity contribution is 5.94. The molecule has 0 saturated carbocycles. The number of carbonyl (C=O) groups excluding carboxylic acids is 3. The van der Waals surface area contributed by atoms with E-state index < -0.39 is 47.9 Å². The van der Waals surface area contributed by atoms with Crippen LogP contribution in [0.5, 0.6) is 0 Å². The Morgan fingerprint density at radius 3 is 1.37 bits per heavy atom. The first-order valence-corrected chi connectivity index (χ1v) is 14.1. The summed E-state index contributed by atoms with van der Waals surface area (Å²) in [5, 5.41) is 46.7. The Morgan fingerprint density at radius 1 is 0.581 bits per heavy atom. The van der Waals surface area contributed by atoms with Crippen LogP contribution in [0.15, 0.2) is 0 Å². The van der Waals surface area contributed by atoms with Crippen molar-refractivity contribution in [1.29, 1.82) is 16.2 Å². The molecule has 0 aromatic heterocycles. The number of guanidine groups is 3. The van der Waals surface area contributed by atoms with E-state index in [0.717, 1.165) is 0 Å². The molecular formula is C24H50N14O5. The minimum absolute atomic E-state index is 0.0332. The average Bonchev–Trinajstić information content (AvgIpc) is 2.92. The molecule has 0 heterocycles. The van der Waals surface area contributed by atoms with E-state index in [1.165, 1.54) is 0 Å². The van der Waals surface area contributed by atoms with Gasteiger partial charge in [-0.2, -0.15) is 0 Å². The number of hydrogen-bond acceptors (Lipinski definition) is 9. The predicted octanol–water partition coefficient (Wildman–Crippen LogP) is -4.23. The Bertz CT molecular complexity index is 934. The normalized spacial score (nSPS) is 13.3. The summed E-state index contributed by atoms with van der Waals surface area (Å²) >= 11 is 0. The molecule has 43 heavy (non-hydrogen) atoms. The molecule has 0 spiro atoms. The molecule has 0 aromatic carbocycles. The molecule has 0 unspecified atom stereocenters. The van der Waals surface area contributed by atoms with Crippen molar-refractivity contribution in [2.24, 2.45) is 28.7 Å². The number of amides is 3. The number of carbonyl (C=O) groups is 4. The molecule has 19 heteroatoms.